The summed E-state index contributed by atoms with van der Waals surface area (Å²) in [5.74, 6) is 0.236. The minimum Gasteiger partial charge on any atom is -1.00 e. The van der Waals surface area contributed by atoms with E-state index in [9.17, 15) is 4.79 Å². The number of methoxy groups -OCH3 is 1. The van der Waals surface area contributed by atoms with Gasteiger partial charge in [-0.15, -0.1) is 0 Å². The SMILES string of the molecule is COC(=O)c1c2ssnc-2n[n+]1C.[Cl-]. The molecule has 0 atom stereocenters. The number of fused-ring (bicyclic) bond motifs is 1. The van der Waals surface area contributed by atoms with E-state index in [0.717, 1.165) is 4.88 Å². The molecule has 0 aromatic carbocycles. The van der Waals surface area contributed by atoms with Crippen LogP contribution >= 0.6 is 20.9 Å². The van der Waals surface area contributed by atoms with Crippen molar-refractivity contribution in [2.45, 2.75) is 0 Å². The summed E-state index contributed by atoms with van der Waals surface area (Å²) in [7, 11) is 5.80. The van der Waals surface area contributed by atoms with Crippen molar-refractivity contribution in [3.63, 3.8) is 0 Å². The Morgan fingerprint density at radius 3 is 2.93 bits per heavy atom. The zero-order chi connectivity index (χ0) is 9.42. The predicted molar refractivity (Wildman–Crippen MR) is 46.9 cm³/mol. The number of carbonyl (C=O) groups is 1. The molecule has 0 bridgehead atoms. The molecule has 0 unspecified atom stereocenters. The number of hydrogen-bond donors (Lipinski definition) is 0. The first-order valence-electron chi connectivity index (χ1n) is 3.44. The molecule has 0 aromatic rings. The van der Waals surface area contributed by atoms with E-state index in [1.54, 1.807) is 7.05 Å². The van der Waals surface area contributed by atoms with Crippen LogP contribution in [0.2, 0.25) is 0 Å². The number of carbonyl (C=O) groups excluding carboxylic acids is 1. The summed E-state index contributed by atoms with van der Waals surface area (Å²) in [6.07, 6.45) is 0. The van der Waals surface area contributed by atoms with Crippen molar-refractivity contribution in [2.24, 2.45) is 7.05 Å². The van der Waals surface area contributed by atoms with Crippen LogP contribution in [0, 0.1) is 0 Å². The minimum atomic E-state index is -0.374. The third-order valence-corrected chi connectivity index (χ3v) is 3.42. The highest BCUT2D eigenvalue weighted by Crippen LogP contribution is 2.28. The molecule has 0 aliphatic carbocycles. The fourth-order valence-electron chi connectivity index (χ4n) is 1.04. The zero-order valence-electron chi connectivity index (χ0n) is 7.35. The van der Waals surface area contributed by atoms with Gasteiger partial charge >= 0.3 is 11.7 Å². The molecule has 0 radical (unpaired) electrons. The van der Waals surface area contributed by atoms with Gasteiger partial charge in [-0.1, -0.05) is 4.68 Å². The lowest BCUT2D eigenvalue weighted by atomic mass is 10.3. The van der Waals surface area contributed by atoms with E-state index in [1.165, 1.54) is 32.7 Å². The van der Waals surface area contributed by atoms with Gasteiger partial charge in [-0.25, -0.2) is 4.79 Å². The molecule has 0 N–H and O–H groups in total. The molecule has 0 aromatic heterocycles. The van der Waals surface area contributed by atoms with Crippen molar-refractivity contribution < 1.29 is 26.6 Å². The van der Waals surface area contributed by atoms with Crippen LogP contribution in [0.5, 0.6) is 0 Å². The van der Waals surface area contributed by atoms with Gasteiger partial charge in [0, 0.05) is 15.6 Å². The first kappa shape index (κ1) is 11.3. The molecule has 76 valence electrons. The maximum atomic E-state index is 11.3. The predicted octanol–water partition coefficient (Wildman–Crippen LogP) is -2.68. The van der Waals surface area contributed by atoms with Gasteiger partial charge in [0.1, 0.15) is 0 Å². The Balaban J connectivity index is 0.000000980. The molecule has 0 spiro atoms. The smallest absolute Gasteiger partial charge is 0.407 e. The summed E-state index contributed by atoms with van der Waals surface area (Å²) in [4.78, 5) is 12.1. The normalized spacial score (nSPS) is 9.86. The molecule has 8 heteroatoms. The maximum absolute atomic E-state index is 11.3. The van der Waals surface area contributed by atoms with E-state index < -0.39 is 0 Å². The Kier molecular flexibility index (Phi) is 3.35. The summed E-state index contributed by atoms with van der Waals surface area (Å²) < 4.78 is 10.2. The van der Waals surface area contributed by atoms with Crippen molar-refractivity contribution in [3.8, 4) is 10.7 Å². The van der Waals surface area contributed by atoms with Crippen LogP contribution < -0.4 is 17.1 Å². The van der Waals surface area contributed by atoms with Crippen molar-refractivity contribution in [2.75, 3.05) is 7.11 Å². The van der Waals surface area contributed by atoms with E-state index in [-0.39, 0.29) is 18.4 Å². The average Bonchev–Trinajstić information content (AvgIpc) is 2.62. The second-order valence-corrected chi connectivity index (χ2v) is 4.22. The molecule has 0 saturated heterocycles. The molecule has 5 nitrogen and oxygen atoms in total. The Bertz CT molecular complexity index is 427. The number of nitrogens with zero attached hydrogens (tertiary/aromatic N) is 3. The molecule has 2 aliphatic heterocycles. The lowest BCUT2D eigenvalue weighted by Gasteiger charge is -1.89. The van der Waals surface area contributed by atoms with E-state index in [4.69, 9.17) is 0 Å². The Hall–Kier alpha value is -0.790. The quantitative estimate of drug-likeness (QED) is 0.315. The van der Waals surface area contributed by atoms with E-state index >= 15 is 0 Å². The molecular formula is C6H6ClN3O2S2. The largest absolute Gasteiger partial charge is 1.00 e. The van der Waals surface area contributed by atoms with Crippen LogP contribution in [-0.2, 0) is 11.8 Å². The van der Waals surface area contributed by atoms with Gasteiger partial charge in [0.25, 0.3) is 5.82 Å². The lowest BCUT2D eigenvalue weighted by Crippen LogP contribution is -3.00. The van der Waals surface area contributed by atoms with Crippen molar-refractivity contribution in [1.82, 2.24) is 9.47 Å². The number of aryl methyl sites for hydroxylation is 1. The van der Waals surface area contributed by atoms with Crippen LogP contribution in [0.3, 0.4) is 0 Å². The number of aromatic nitrogens is 3. The summed E-state index contributed by atoms with van der Waals surface area (Å²) in [5.41, 5.74) is 0.469. The summed E-state index contributed by atoms with van der Waals surface area (Å²) in [6, 6.07) is 0. The minimum absolute atomic E-state index is 0. The monoisotopic (exact) mass is 251 g/mol. The lowest BCUT2D eigenvalue weighted by molar-refractivity contribution is -0.727. The van der Waals surface area contributed by atoms with Gasteiger partial charge in [0.15, 0.2) is 11.9 Å². The van der Waals surface area contributed by atoms with Crippen molar-refractivity contribution >= 4 is 26.8 Å². The van der Waals surface area contributed by atoms with Gasteiger partial charge in [-0.05, 0) is 10.3 Å². The van der Waals surface area contributed by atoms with Gasteiger partial charge in [-0.3, -0.25) is 0 Å². The number of halogens is 1. The Morgan fingerprint density at radius 1 is 1.57 bits per heavy atom. The number of esters is 1. The first-order valence-corrected chi connectivity index (χ1v) is 5.54. The van der Waals surface area contributed by atoms with Crippen molar-refractivity contribution in [1.29, 1.82) is 0 Å². The first-order chi connectivity index (χ1) is 6.24. The zero-order valence-corrected chi connectivity index (χ0v) is 9.74. The number of rotatable bonds is 1. The number of ether oxygens (including phenoxy) is 1. The standard InChI is InChI=1S/C6H6N3O2S2.ClH/c1-9-3(6(10)11-2)4-5(7-9)8-13-12-4;/h1-2H3;1H/q+1;/p-1. The van der Waals surface area contributed by atoms with Crippen LogP contribution in [0.4, 0.5) is 0 Å². The third kappa shape index (κ3) is 1.58. The number of hydrogen-bond acceptors (Lipinski definition) is 6. The summed E-state index contributed by atoms with van der Waals surface area (Å²) in [6.45, 7) is 0. The highest BCUT2D eigenvalue weighted by atomic mass is 35.5. The third-order valence-electron chi connectivity index (χ3n) is 1.61. The second-order valence-electron chi connectivity index (χ2n) is 2.37. The molecule has 0 fully saturated rings. The molecule has 0 amide bonds. The van der Waals surface area contributed by atoms with Gasteiger partial charge < -0.3 is 17.1 Å². The molecule has 14 heavy (non-hydrogen) atoms. The fraction of sp³-hybridized carbons (Fsp3) is 0.333. The Labute approximate surface area is 93.6 Å². The average molecular weight is 252 g/mol. The van der Waals surface area contributed by atoms with E-state index in [2.05, 4.69) is 14.2 Å². The second kappa shape index (κ2) is 4.16. The molecule has 2 rings (SSSR count). The van der Waals surface area contributed by atoms with Gasteiger partial charge in [0.2, 0.25) is 0 Å². The van der Waals surface area contributed by atoms with Crippen molar-refractivity contribution in [3.05, 3.63) is 5.69 Å². The fourth-order valence-corrected chi connectivity index (χ4v) is 2.87. The summed E-state index contributed by atoms with van der Waals surface area (Å²) >= 11 is 0. The van der Waals surface area contributed by atoms with Crippen LogP contribution in [-0.4, -0.2) is 22.6 Å². The Morgan fingerprint density at radius 2 is 2.29 bits per heavy atom. The highest BCUT2D eigenvalue weighted by molar-refractivity contribution is 7.68. The van der Waals surface area contributed by atoms with Crippen LogP contribution in [0.15, 0.2) is 0 Å². The highest BCUT2D eigenvalue weighted by Gasteiger charge is 2.33. The molecular weight excluding hydrogens is 246 g/mol. The molecule has 2 heterocycles. The van der Waals surface area contributed by atoms with Crippen LogP contribution in [0.25, 0.3) is 10.7 Å². The maximum Gasteiger partial charge on any atom is 0.407 e. The molecule has 0 saturated carbocycles. The van der Waals surface area contributed by atoms with E-state index in [1.807, 2.05) is 0 Å². The topological polar surface area (TPSA) is 56.0 Å². The molecule has 2 aliphatic rings. The van der Waals surface area contributed by atoms with Crippen LogP contribution in [0.1, 0.15) is 10.5 Å². The van der Waals surface area contributed by atoms with Gasteiger partial charge in [-0.2, -0.15) is 4.37 Å². The summed E-state index contributed by atoms with van der Waals surface area (Å²) in [5, 5.41) is 4.07. The van der Waals surface area contributed by atoms with E-state index in [0.29, 0.717) is 11.5 Å². The van der Waals surface area contributed by atoms with Gasteiger partial charge in [0.05, 0.1) is 7.11 Å².